The molecular weight excluding hydrogens is 358 g/mol. The Hall–Kier alpha value is -3.33. The van der Waals surface area contributed by atoms with Crippen LogP contribution in [-0.4, -0.2) is 0 Å². The Kier molecular flexibility index (Phi) is 3.08. The van der Waals surface area contributed by atoms with Crippen molar-refractivity contribution in [3.05, 3.63) is 64.8 Å². The van der Waals surface area contributed by atoms with E-state index in [-0.39, 0.29) is 0 Å². The number of furan rings is 1. The molecule has 0 unspecified atom stereocenters. The number of pyridine rings is 1. The summed E-state index contributed by atoms with van der Waals surface area (Å²) in [4.78, 5) is 0. The van der Waals surface area contributed by atoms with Gasteiger partial charge in [-0.25, -0.2) is 4.57 Å². The van der Waals surface area contributed by atoms with E-state index in [1.807, 2.05) is 12.1 Å². The first-order valence-corrected chi connectivity index (χ1v) is 10.0. The molecule has 0 radical (unpaired) electrons. The fourth-order valence-corrected chi connectivity index (χ4v) is 5.00. The van der Waals surface area contributed by atoms with Crippen molar-refractivity contribution in [2.75, 3.05) is 0 Å². The van der Waals surface area contributed by atoms with Gasteiger partial charge in [0.1, 0.15) is 23.8 Å². The Bertz CT molecular complexity index is 1520. The van der Waals surface area contributed by atoms with Gasteiger partial charge in [-0.2, -0.15) is 0 Å². The summed E-state index contributed by atoms with van der Waals surface area (Å²) in [7, 11) is 2.11. The lowest BCUT2D eigenvalue weighted by Crippen LogP contribution is -2.32. The van der Waals surface area contributed by atoms with Crippen LogP contribution in [0.5, 0.6) is 11.5 Å². The van der Waals surface area contributed by atoms with Gasteiger partial charge in [0.05, 0.1) is 5.56 Å². The molecule has 0 saturated heterocycles. The van der Waals surface area contributed by atoms with Crippen molar-refractivity contribution in [2.24, 2.45) is 7.05 Å². The van der Waals surface area contributed by atoms with E-state index >= 15 is 0 Å². The highest BCUT2D eigenvalue weighted by Crippen LogP contribution is 2.53. The summed E-state index contributed by atoms with van der Waals surface area (Å²) in [5, 5.41) is 4.64. The van der Waals surface area contributed by atoms with Gasteiger partial charge in [0.25, 0.3) is 0 Å². The molecule has 0 amide bonds. The van der Waals surface area contributed by atoms with Gasteiger partial charge >= 0.3 is 0 Å². The van der Waals surface area contributed by atoms with Crippen LogP contribution in [0.25, 0.3) is 44.0 Å². The molecule has 0 saturated carbocycles. The third kappa shape index (κ3) is 1.95. The van der Waals surface area contributed by atoms with Crippen molar-refractivity contribution in [2.45, 2.75) is 27.7 Å². The molecule has 3 nitrogen and oxygen atoms in total. The highest BCUT2D eigenvalue weighted by atomic mass is 16.5. The first kappa shape index (κ1) is 16.6. The third-order valence-electron chi connectivity index (χ3n) is 6.56. The number of aryl methyl sites for hydroxylation is 4. The van der Waals surface area contributed by atoms with Gasteiger partial charge in [0, 0.05) is 22.2 Å². The fraction of sp³-hybridized carbons (Fsp3) is 0.192. The first-order valence-electron chi connectivity index (χ1n) is 10.0. The standard InChI is InChI=1S/C26H22NO2/c1-13-12-14(2)24-21(15(13)3)23-22-17(10-11-27(23)5)16(4)20-18-8-6-7-9-19(18)28-25(20)26(22)29-24/h6-12H,1-5H3/q+1. The molecule has 1 aliphatic heterocycles. The van der Waals surface area contributed by atoms with Crippen molar-refractivity contribution in [1.82, 2.24) is 0 Å². The zero-order valence-electron chi connectivity index (χ0n) is 17.3. The van der Waals surface area contributed by atoms with Crippen LogP contribution in [0, 0.1) is 27.7 Å². The van der Waals surface area contributed by atoms with Crippen LogP contribution in [0.4, 0.5) is 0 Å². The van der Waals surface area contributed by atoms with Crippen molar-refractivity contribution < 1.29 is 13.7 Å². The van der Waals surface area contributed by atoms with Gasteiger partial charge in [-0.1, -0.05) is 24.3 Å². The zero-order valence-corrected chi connectivity index (χ0v) is 17.3. The Morgan fingerprint density at radius 1 is 0.793 bits per heavy atom. The van der Waals surface area contributed by atoms with E-state index < -0.39 is 0 Å². The fourth-order valence-electron chi connectivity index (χ4n) is 5.00. The number of para-hydroxylation sites is 1. The van der Waals surface area contributed by atoms with E-state index in [1.165, 1.54) is 33.3 Å². The average molecular weight is 380 g/mol. The summed E-state index contributed by atoms with van der Waals surface area (Å²) in [5.41, 5.74) is 9.07. The molecule has 6 rings (SSSR count). The molecule has 0 aliphatic carbocycles. The molecule has 0 fully saturated rings. The molecule has 0 atom stereocenters. The van der Waals surface area contributed by atoms with Gasteiger partial charge < -0.3 is 9.15 Å². The van der Waals surface area contributed by atoms with Crippen LogP contribution < -0.4 is 9.30 Å². The van der Waals surface area contributed by atoms with Crippen LogP contribution in [0.2, 0.25) is 0 Å². The van der Waals surface area contributed by atoms with Crippen LogP contribution in [0.3, 0.4) is 0 Å². The van der Waals surface area contributed by atoms with Gasteiger partial charge in [-0.05, 0) is 56.0 Å². The maximum atomic E-state index is 6.66. The largest absolute Gasteiger partial charge is 0.452 e. The lowest BCUT2D eigenvalue weighted by molar-refractivity contribution is -0.659. The van der Waals surface area contributed by atoms with Crippen molar-refractivity contribution in [1.29, 1.82) is 0 Å². The normalized spacial score (nSPS) is 12.6. The van der Waals surface area contributed by atoms with E-state index in [4.69, 9.17) is 9.15 Å². The summed E-state index contributed by atoms with van der Waals surface area (Å²) >= 11 is 0. The highest BCUT2D eigenvalue weighted by molar-refractivity contribution is 6.19. The summed E-state index contributed by atoms with van der Waals surface area (Å²) in [6.45, 7) is 8.68. The molecule has 29 heavy (non-hydrogen) atoms. The minimum atomic E-state index is 0.835. The number of hydrogen-bond donors (Lipinski definition) is 0. The molecule has 0 N–H and O–H groups in total. The van der Waals surface area contributed by atoms with Crippen molar-refractivity contribution in [3.63, 3.8) is 0 Å². The molecular formula is C26H22NO2+. The zero-order chi connectivity index (χ0) is 20.0. The van der Waals surface area contributed by atoms with Crippen LogP contribution >= 0.6 is 0 Å². The predicted octanol–water partition coefficient (Wildman–Crippen LogP) is 6.57. The average Bonchev–Trinajstić information content (AvgIpc) is 3.10. The van der Waals surface area contributed by atoms with Crippen molar-refractivity contribution >= 4 is 32.7 Å². The smallest absolute Gasteiger partial charge is 0.228 e. The quantitative estimate of drug-likeness (QED) is 0.279. The number of ether oxygens (including phenoxy) is 1. The van der Waals surface area contributed by atoms with Crippen LogP contribution in [0.15, 0.2) is 47.0 Å². The third-order valence-corrected chi connectivity index (χ3v) is 6.56. The minimum Gasteiger partial charge on any atom is -0.452 e. The second-order valence-electron chi connectivity index (χ2n) is 8.26. The molecule has 3 aromatic carbocycles. The van der Waals surface area contributed by atoms with E-state index in [0.29, 0.717) is 0 Å². The molecule has 142 valence electrons. The minimum absolute atomic E-state index is 0.835. The molecule has 0 bridgehead atoms. The summed E-state index contributed by atoms with van der Waals surface area (Å²) < 4.78 is 15.2. The topological polar surface area (TPSA) is 26.2 Å². The molecule has 3 heteroatoms. The lowest BCUT2D eigenvalue weighted by atomic mass is 9.89. The van der Waals surface area contributed by atoms with E-state index in [2.05, 4.69) is 69.8 Å². The van der Waals surface area contributed by atoms with E-state index in [9.17, 15) is 0 Å². The Morgan fingerprint density at radius 2 is 1.59 bits per heavy atom. The molecule has 5 aromatic rings. The highest BCUT2D eigenvalue weighted by Gasteiger charge is 2.34. The van der Waals surface area contributed by atoms with Crippen molar-refractivity contribution in [3.8, 4) is 22.8 Å². The maximum absolute atomic E-state index is 6.66. The number of rotatable bonds is 0. The number of hydrogen-bond acceptors (Lipinski definition) is 2. The van der Waals surface area contributed by atoms with Gasteiger partial charge in [0.15, 0.2) is 17.5 Å². The lowest BCUT2D eigenvalue weighted by Gasteiger charge is -2.24. The number of fused-ring (bicyclic) bond motifs is 6. The summed E-state index contributed by atoms with van der Waals surface area (Å²) in [6, 6.07) is 12.7. The molecule has 0 spiro atoms. The Labute approximate surface area is 169 Å². The Balaban J connectivity index is 1.92. The van der Waals surface area contributed by atoms with Gasteiger partial charge in [-0.3, -0.25) is 0 Å². The maximum Gasteiger partial charge on any atom is 0.228 e. The van der Waals surface area contributed by atoms with Crippen LogP contribution in [0.1, 0.15) is 22.3 Å². The Morgan fingerprint density at radius 3 is 2.41 bits per heavy atom. The second-order valence-corrected chi connectivity index (χ2v) is 8.26. The summed E-state index contributed by atoms with van der Waals surface area (Å²) in [5.74, 6) is 1.77. The molecule has 3 heterocycles. The number of aromatic nitrogens is 1. The SMILES string of the molecule is Cc1cc(C)c2c(c1C)-c1c3c(c4oc5ccccc5c4c(C)c3cc[n+]1C)O2. The monoisotopic (exact) mass is 380 g/mol. The van der Waals surface area contributed by atoms with E-state index in [1.54, 1.807) is 0 Å². The first-order chi connectivity index (χ1) is 14.0. The molecule has 1 aliphatic rings. The van der Waals surface area contributed by atoms with E-state index in [0.717, 1.165) is 44.4 Å². The number of benzene rings is 3. The summed E-state index contributed by atoms with van der Waals surface area (Å²) in [6.07, 6.45) is 2.16. The number of nitrogens with zero attached hydrogens (tertiary/aromatic N) is 1. The van der Waals surface area contributed by atoms with Gasteiger partial charge in [0.2, 0.25) is 5.69 Å². The van der Waals surface area contributed by atoms with Crippen LogP contribution in [-0.2, 0) is 7.05 Å². The predicted molar refractivity (Wildman–Crippen MR) is 117 cm³/mol. The van der Waals surface area contributed by atoms with Gasteiger partial charge in [-0.15, -0.1) is 0 Å². The molecule has 2 aromatic heterocycles. The second kappa shape index (κ2) is 5.38.